The van der Waals surface area contributed by atoms with Gasteiger partial charge in [0.2, 0.25) is 17.7 Å². The van der Waals surface area contributed by atoms with E-state index < -0.39 is 141 Å². The predicted octanol–water partition coefficient (Wildman–Crippen LogP) is -7.90. The number of amides is 3. The van der Waals surface area contributed by atoms with Crippen molar-refractivity contribution in [2.45, 2.75) is 184 Å². The van der Waals surface area contributed by atoms with E-state index in [1.807, 2.05) is 4.90 Å². The van der Waals surface area contributed by atoms with E-state index in [1.165, 1.54) is 25.5 Å². The zero-order chi connectivity index (χ0) is 70.6. The van der Waals surface area contributed by atoms with E-state index >= 15 is 0 Å². The van der Waals surface area contributed by atoms with Gasteiger partial charge in [0.05, 0.1) is 128 Å². The fourth-order valence-corrected chi connectivity index (χ4v) is 10.8. The van der Waals surface area contributed by atoms with Gasteiger partial charge in [-0.2, -0.15) is 5.11 Å². The fraction of sp³-hybridized carbons (Fsp3) is 0.786. The van der Waals surface area contributed by atoms with Crippen molar-refractivity contribution in [1.29, 1.82) is 5.53 Å². The minimum Gasteiger partial charge on any atom is -0.480 e. The largest absolute Gasteiger partial charge is 0.480 e. The molecule has 6 rings (SSSR count). The topological polar surface area (TPSA) is 571 Å². The van der Waals surface area contributed by atoms with Gasteiger partial charge in [-0.1, -0.05) is 22.1 Å². The highest BCUT2D eigenvalue weighted by Crippen LogP contribution is 2.26. The van der Waals surface area contributed by atoms with Crippen LogP contribution in [0.15, 0.2) is 35.1 Å². The van der Waals surface area contributed by atoms with E-state index in [9.17, 15) is 75.3 Å². The Morgan fingerprint density at radius 3 is 1.34 bits per heavy atom. The van der Waals surface area contributed by atoms with Crippen LogP contribution in [0.2, 0.25) is 0 Å². The second-order valence-corrected chi connectivity index (χ2v) is 23.2. The first kappa shape index (κ1) is 79.6. The summed E-state index contributed by atoms with van der Waals surface area (Å²) in [6.45, 7) is 3.08. The van der Waals surface area contributed by atoms with Crippen LogP contribution >= 0.6 is 0 Å². The van der Waals surface area contributed by atoms with Crippen molar-refractivity contribution in [1.82, 2.24) is 70.7 Å². The molecule has 3 aliphatic heterocycles. The monoisotopic (exact) mass is 1390 g/mol. The lowest BCUT2D eigenvalue weighted by Gasteiger charge is -2.42. The maximum absolute atomic E-state index is 13.3. The van der Waals surface area contributed by atoms with Crippen LogP contribution in [0.3, 0.4) is 0 Å². The number of carbonyl (C=O) groups excluding carboxylic acids is 3. The Bertz CT molecular complexity index is 2780. The Kier molecular flexibility index (Phi) is 33.8. The molecule has 17 N–H and O–H groups in total. The van der Waals surface area contributed by atoms with Crippen LogP contribution in [-0.2, 0) is 101 Å². The van der Waals surface area contributed by atoms with Crippen molar-refractivity contribution in [3.8, 4) is 0 Å². The van der Waals surface area contributed by atoms with Crippen LogP contribution < -0.4 is 21.7 Å². The molecule has 0 spiro atoms. The van der Waals surface area contributed by atoms with Crippen molar-refractivity contribution in [3.63, 3.8) is 0 Å². The molecule has 16 atom stereocenters. The lowest BCUT2D eigenvalue weighted by atomic mass is 9.97. The summed E-state index contributed by atoms with van der Waals surface area (Å²) in [6.07, 6.45) is -10.0. The Balaban J connectivity index is 1.07. The maximum atomic E-state index is 13.3. The lowest BCUT2D eigenvalue weighted by Crippen LogP contribution is -2.64. The third kappa shape index (κ3) is 25.1. The molecule has 0 bridgehead atoms. The number of carbonyl (C=O) groups is 4. The van der Waals surface area contributed by atoms with E-state index in [-0.39, 0.29) is 136 Å². The highest BCUT2D eigenvalue weighted by atomic mass is 16.7. The molecule has 3 amide bonds. The summed E-state index contributed by atoms with van der Waals surface area (Å²) in [4.78, 5) is 52.3. The quantitative estimate of drug-likeness (QED) is 0.0185. The number of ether oxygens (including phenoxy) is 9. The molecule has 15 unspecified atom stereocenters. The molecule has 3 fully saturated rings. The van der Waals surface area contributed by atoms with Gasteiger partial charge >= 0.3 is 5.97 Å². The van der Waals surface area contributed by atoms with Crippen molar-refractivity contribution >= 4 is 23.7 Å². The number of rotatable bonds is 45. The minimum atomic E-state index is -1.51. The standard InChI is InChI=1S/C56H95N17O24/c1-32(78)59-44-50(84)47(81)41(29-75)95-54(44)92-19-16-89-13-7-38(57)39(62-58)28-70(24-37-27-71(9-12-74)66-65-37)40(53(87)88)6-4-5-8-69(22-35-25-72(67-63-35)10-14-90-17-20-93-55-45(60-33(2)79)51(85)48(82)42(30-76)96-55)23-36-26-73(68-64-36)11-15-91-18-21-94-56-46(61-34(3)80)52(86)49(83)43(31-77)97-56/h25-27,40-52,54-56,58,74-77,81-86H,4-24,28-31,57H2,1-3H3,(H,59,78)(H,60,79)(H,61,80)(H,87,88)/b39-38+,62-58?/t40-,41?,42?,43?,44?,45?,46?,47?,48?,49?,50?,51?,52?,54?,55?,56?/m1/s1. The molecule has 0 saturated carbocycles. The summed E-state index contributed by atoms with van der Waals surface area (Å²) in [6, 6.07) is -4.56. The first-order chi connectivity index (χ1) is 46.6. The zero-order valence-corrected chi connectivity index (χ0v) is 54.3. The molecule has 41 nitrogen and oxygen atoms in total. The molecule has 0 aliphatic carbocycles. The third-order valence-corrected chi connectivity index (χ3v) is 15.7. The van der Waals surface area contributed by atoms with Gasteiger partial charge in [0.25, 0.3) is 0 Å². The number of nitrogens with two attached hydrogens (primary N) is 1. The van der Waals surface area contributed by atoms with Crippen LogP contribution in [0, 0.1) is 5.53 Å². The van der Waals surface area contributed by atoms with Gasteiger partial charge in [-0.3, -0.25) is 29.0 Å². The van der Waals surface area contributed by atoms with E-state index in [0.29, 0.717) is 36.5 Å². The van der Waals surface area contributed by atoms with Crippen LogP contribution in [0.1, 0.15) is 63.5 Å². The van der Waals surface area contributed by atoms with Crippen LogP contribution in [0.5, 0.6) is 0 Å². The van der Waals surface area contributed by atoms with Crippen LogP contribution in [-0.4, -0.2) is 332 Å². The number of carboxylic acid groups (broad SMARTS) is 1. The molecule has 548 valence electrons. The molecular weight excluding hydrogens is 1290 g/mol. The van der Waals surface area contributed by atoms with Gasteiger partial charge in [-0.05, 0) is 19.4 Å². The van der Waals surface area contributed by atoms with Crippen LogP contribution in [0.4, 0.5) is 0 Å². The highest BCUT2D eigenvalue weighted by molar-refractivity contribution is 5.74. The number of aliphatic hydroxyl groups excluding tert-OH is 10. The van der Waals surface area contributed by atoms with Gasteiger partial charge in [-0.15, -0.1) is 15.3 Å². The number of aromatic nitrogens is 9. The minimum absolute atomic E-state index is 0.00189. The highest BCUT2D eigenvalue weighted by Gasteiger charge is 2.48. The number of hydrogen-bond donors (Lipinski definition) is 16. The van der Waals surface area contributed by atoms with Gasteiger partial charge in [0.1, 0.15) is 79.1 Å². The molecular formula is C56H95N17O24. The van der Waals surface area contributed by atoms with Gasteiger partial charge in [0.15, 0.2) is 18.9 Å². The number of nitrogens with one attached hydrogen (secondary N) is 4. The predicted molar refractivity (Wildman–Crippen MR) is 324 cm³/mol. The normalized spacial score (nSPS) is 26.6. The molecule has 6 heterocycles. The number of unbranched alkanes of at least 4 members (excludes halogenated alkanes) is 1. The summed E-state index contributed by atoms with van der Waals surface area (Å²) < 4.78 is 55.7. The summed E-state index contributed by atoms with van der Waals surface area (Å²) >= 11 is 0. The number of aliphatic carboxylic acids is 1. The van der Waals surface area contributed by atoms with E-state index in [1.54, 1.807) is 32.9 Å². The number of carboxylic acids is 1. The zero-order valence-electron chi connectivity index (χ0n) is 54.3. The molecule has 0 radical (unpaired) electrons. The Hall–Kier alpha value is -6.40. The van der Waals surface area contributed by atoms with E-state index in [0.717, 1.165) is 0 Å². The van der Waals surface area contributed by atoms with Crippen molar-refractivity contribution in [2.75, 3.05) is 99.0 Å². The molecule has 3 aromatic heterocycles. The summed E-state index contributed by atoms with van der Waals surface area (Å²) in [7, 11) is 0. The van der Waals surface area contributed by atoms with Crippen molar-refractivity contribution in [2.24, 2.45) is 10.8 Å². The Morgan fingerprint density at radius 2 is 0.969 bits per heavy atom. The van der Waals surface area contributed by atoms with Crippen molar-refractivity contribution in [3.05, 3.63) is 47.1 Å². The average molecular weight is 1390 g/mol. The lowest BCUT2D eigenvalue weighted by molar-refractivity contribution is -0.272. The third-order valence-electron chi connectivity index (χ3n) is 15.7. The van der Waals surface area contributed by atoms with Gasteiger partial charge < -0.3 is 120 Å². The molecule has 3 aromatic rings. The Labute approximate surface area is 557 Å². The molecule has 41 heteroatoms. The second kappa shape index (κ2) is 41.2. The van der Waals surface area contributed by atoms with E-state index in [2.05, 4.69) is 52.0 Å². The number of aliphatic hydroxyl groups is 10. The summed E-state index contributed by atoms with van der Waals surface area (Å²) in [5, 5.41) is 149. The molecule has 3 aliphatic rings. The van der Waals surface area contributed by atoms with Crippen molar-refractivity contribution < 1.29 is 118 Å². The fourth-order valence-electron chi connectivity index (χ4n) is 10.8. The number of nitrogens with zero attached hydrogens (tertiary/aromatic N) is 12. The maximum Gasteiger partial charge on any atom is 0.320 e. The SMILES string of the molecule is CC(=O)NC1C(OCCOCC/C(N)=C(/CN(Cc2cn(CCO)nn2)[C@H](CCCCN(Cc2cn(CCOCCOC3OC(CO)C(O)C(O)C3NC(C)=O)nn2)Cc2cn(CCOCCOC3OC(CO)C(O)C(O)C3NC(C)=O)nn2)C(=O)O)N=N)OC(CO)C(O)C1O. The summed E-state index contributed by atoms with van der Waals surface area (Å²) in [5.41, 5.74) is 16.3. The van der Waals surface area contributed by atoms with E-state index in [4.69, 9.17) is 53.9 Å². The first-order valence-electron chi connectivity index (χ1n) is 31.7. The summed E-state index contributed by atoms with van der Waals surface area (Å²) in [5.74, 6) is -2.70. The average Bonchev–Trinajstić information content (AvgIpc) is 1.72. The number of hydrogen-bond acceptors (Lipinski definition) is 34. The van der Waals surface area contributed by atoms with Gasteiger partial charge in [-0.25, -0.2) is 19.6 Å². The second-order valence-electron chi connectivity index (χ2n) is 23.2. The van der Waals surface area contributed by atoms with Gasteiger partial charge in [0, 0.05) is 77.7 Å². The van der Waals surface area contributed by atoms with Crippen LogP contribution in [0.25, 0.3) is 0 Å². The molecule has 3 saturated heterocycles. The Morgan fingerprint density at radius 1 is 0.577 bits per heavy atom. The first-order valence-corrected chi connectivity index (χ1v) is 31.7. The smallest absolute Gasteiger partial charge is 0.320 e. The molecule has 97 heavy (non-hydrogen) atoms. The molecule has 0 aromatic carbocycles.